The number of hydrogen-bond acceptors (Lipinski definition) is 1. The van der Waals surface area contributed by atoms with E-state index in [1.54, 1.807) is 6.07 Å². The van der Waals surface area contributed by atoms with Gasteiger partial charge < -0.3 is 0 Å². The summed E-state index contributed by atoms with van der Waals surface area (Å²) in [5.41, 5.74) is 1.77. The van der Waals surface area contributed by atoms with E-state index in [2.05, 4.69) is 28.6 Å². The fourth-order valence-electron chi connectivity index (χ4n) is 1.38. The van der Waals surface area contributed by atoms with Gasteiger partial charge in [0.05, 0.1) is 4.47 Å². The maximum Gasteiger partial charge on any atom is 0.137 e. The van der Waals surface area contributed by atoms with Crippen LogP contribution >= 0.6 is 28.6 Å². The Morgan fingerprint density at radius 2 is 1.80 bits per heavy atom. The Morgan fingerprint density at radius 1 is 1.07 bits per heavy atom. The predicted octanol–water partition coefficient (Wildman–Crippen LogP) is 4.54. The average molecular weight is 283 g/mol. The number of thiol groups is 1. The minimum Gasteiger partial charge on any atom is -0.206 e. The van der Waals surface area contributed by atoms with E-state index in [-0.39, 0.29) is 5.82 Å². The van der Waals surface area contributed by atoms with Crippen molar-refractivity contribution in [2.24, 2.45) is 0 Å². The Balaban J connectivity index is 2.55. The molecule has 2 aromatic carbocycles. The van der Waals surface area contributed by atoms with Gasteiger partial charge in [0.2, 0.25) is 0 Å². The van der Waals surface area contributed by atoms with Gasteiger partial charge in [-0.2, -0.15) is 0 Å². The third-order valence-corrected chi connectivity index (χ3v) is 3.17. The highest BCUT2D eigenvalue weighted by Gasteiger charge is 2.04. The molecule has 2 rings (SSSR count). The van der Waals surface area contributed by atoms with Crippen molar-refractivity contribution in [1.82, 2.24) is 0 Å². The first-order valence-electron chi connectivity index (χ1n) is 4.42. The highest BCUT2D eigenvalue weighted by Crippen LogP contribution is 2.28. The van der Waals surface area contributed by atoms with Crippen LogP contribution in [0.15, 0.2) is 51.8 Å². The largest absolute Gasteiger partial charge is 0.206 e. The Labute approximate surface area is 102 Å². The molecule has 2 aromatic rings. The molecule has 0 bridgehead atoms. The maximum absolute atomic E-state index is 13.3. The van der Waals surface area contributed by atoms with Crippen LogP contribution in [0.2, 0.25) is 0 Å². The van der Waals surface area contributed by atoms with Crippen molar-refractivity contribution in [2.45, 2.75) is 4.90 Å². The lowest BCUT2D eigenvalue weighted by atomic mass is 10.1. The summed E-state index contributed by atoms with van der Waals surface area (Å²) in [6.45, 7) is 0. The topological polar surface area (TPSA) is 0 Å². The van der Waals surface area contributed by atoms with Crippen molar-refractivity contribution in [3.05, 3.63) is 52.8 Å². The van der Waals surface area contributed by atoms with Crippen molar-refractivity contribution in [3.63, 3.8) is 0 Å². The standard InChI is InChI=1S/C12H8BrFS/c13-10-6-5-8(7-11(10)14)9-3-1-2-4-12(9)15/h1-7,15H. The van der Waals surface area contributed by atoms with Gasteiger partial charge in [0.15, 0.2) is 0 Å². The SMILES string of the molecule is Fc1cc(-c2ccccc2S)ccc1Br. The second kappa shape index (κ2) is 4.37. The van der Waals surface area contributed by atoms with Gasteiger partial charge in [0.1, 0.15) is 5.82 Å². The molecule has 0 aliphatic heterocycles. The molecule has 3 heteroatoms. The van der Waals surface area contributed by atoms with Crippen LogP contribution in [0.4, 0.5) is 4.39 Å². The van der Waals surface area contributed by atoms with Gasteiger partial charge >= 0.3 is 0 Å². The summed E-state index contributed by atoms with van der Waals surface area (Å²) in [7, 11) is 0. The Kier molecular flexibility index (Phi) is 3.12. The summed E-state index contributed by atoms with van der Waals surface area (Å²) in [6, 6.07) is 12.7. The summed E-state index contributed by atoms with van der Waals surface area (Å²) in [5, 5.41) is 0. The zero-order valence-electron chi connectivity index (χ0n) is 7.74. The van der Waals surface area contributed by atoms with E-state index >= 15 is 0 Å². The second-order valence-corrected chi connectivity index (χ2v) is 4.48. The molecule has 0 radical (unpaired) electrons. The minimum atomic E-state index is -0.260. The van der Waals surface area contributed by atoms with Gasteiger partial charge in [-0.25, -0.2) is 4.39 Å². The van der Waals surface area contributed by atoms with Gasteiger partial charge in [-0.1, -0.05) is 24.3 Å². The zero-order chi connectivity index (χ0) is 10.8. The first kappa shape index (κ1) is 10.7. The third kappa shape index (κ3) is 2.24. The molecule has 0 N–H and O–H groups in total. The van der Waals surface area contributed by atoms with Crippen LogP contribution in [0.25, 0.3) is 11.1 Å². The van der Waals surface area contributed by atoms with Crippen LogP contribution in [0.5, 0.6) is 0 Å². The highest BCUT2D eigenvalue weighted by molar-refractivity contribution is 9.10. The lowest BCUT2D eigenvalue weighted by Gasteiger charge is -2.05. The normalized spacial score (nSPS) is 10.3. The summed E-state index contributed by atoms with van der Waals surface area (Å²) >= 11 is 7.46. The Morgan fingerprint density at radius 3 is 2.47 bits per heavy atom. The molecular formula is C12H8BrFS. The van der Waals surface area contributed by atoms with Crippen molar-refractivity contribution >= 4 is 28.6 Å². The first-order chi connectivity index (χ1) is 7.18. The Hall–Kier alpha value is -0.800. The first-order valence-corrected chi connectivity index (χ1v) is 5.66. The molecule has 0 saturated carbocycles. The minimum absolute atomic E-state index is 0.260. The van der Waals surface area contributed by atoms with Gasteiger partial charge in [0, 0.05) is 4.90 Å². The van der Waals surface area contributed by atoms with Crippen LogP contribution in [0.3, 0.4) is 0 Å². The lowest BCUT2D eigenvalue weighted by Crippen LogP contribution is -1.83. The number of hydrogen-bond donors (Lipinski definition) is 1. The molecule has 0 amide bonds. The van der Waals surface area contributed by atoms with Gasteiger partial charge in [-0.3, -0.25) is 0 Å². The fraction of sp³-hybridized carbons (Fsp3) is 0. The summed E-state index contributed by atoms with van der Waals surface area (Å²) in [5.74, 6) is -0.260. The predicted molar refractivity (Wildman–Crippen MR) is 66.8 cm³/mol. The summed E-state index contributed by atoms with van der Waals surface area (Å²) in [6.07, 6.45) is 0. The van der Waals surface area contributed by atoms with Crippen molar-refractivity contribution < 1.29 is 4.39 Å². The van der Waals surface area contributed by atoms with Gasteiger partial charge in [0.25, 0.3) is 0 Å². The van der Waals surface area contributed by atoms with Crippen LogP contribution < -0.4 is 0 Å². The quantitative estimate of drug-likeness (QED) is 0.730. The molecule has 0 spiro atoms. The summed E-state index contributed by atoms with van der Waals surface area (Å²) < 4.78 is 13.8. The van der Waals surface area contributed by atoms with E-state index in [4.69, 9.17) is 0 Å². The van der Waals surface area contributed by atoms with E-state index in [9.17, 15) is 4.39 Å². The van der Waals surface area contributed by atoms with E-state index < -0.39 is 0 Å². The van der Waals surface area contributed by atoms with E-state index in [1.807, 2.05) is 30.3 Å². The zero-order valence-corrected chi connectivity index (χ0v) is 10.2. The molecule has 0 aliphatic rings. The molecule has 0 saturated heterocycles. The molecule has 76 valence electrons. The molecule has 0 nitrogen and oxygen atoms in total. The summed E-state index contributed by atoms with van der Waals surface area (Å²) in [4.78, 5) is 0.847. The average Bonchev–Trinajstić information content (AvgIpc) is 2.23. The number of halogens is 2. The molecule has 0 fully saturated rings. The molecule has 15 heavy (non-hydrogen) atoms. The smallest absolute Gasteiger partial charge is 0.137 e. The Bertz CT molecular complexity index is 497. The highest BCUT2D eigenvalue weighted by atomic mass is 79.9. The maximum atomic E-state index is 13.3. The number of rotatable bonds is 1. The van der Waals surface area contributed by atoms with Gasteiger partial charge in [-0.05, 0) is 45.3 Å². The number of benzene rings is 2. The molecule has 0 aromatic heterocycles. The van der Waals surface area contributed by atoms with Crippen LogP contribution in [-0.2, 0) is 0 Å². The van der Waals surface area contributed by atoms with Crippen LogP contribution in [0.1, 0.15) is 0 Å². The van der Waals surface area contributed by atoms with E-state index in [0.29, 0.717) is 4.47 Å². The molecule has 0 atom stereocenters. The van der Waals surface area contributed by atoms with E-state index in [0.717, 1.165) is 16.0 Å². The fourth-order valence-corrected chi connectivity index (χ4v) is 1.92. The molecular weight excluding hydrogens is 275 g/mol. The van der Waals surface area contributed by atoms with Crippen LogP contribution in [0, 0.1) is 5.82 Å². The lowest BCUT2D eigenvalue weighted by molar-refractivity contribution is 0.621. The molecule has 0 aliphatic carbocycles. The van der Waals surface area contributed by atoms with Crippen molar-refractivity contribution in [1.29, 1.82) is 0 Å². The van der Waals surface area contributed by atoms with Crippen molar-refractivity contribution in [3.8, 4) is 11.1 Å². The van der Waals surface area contributed by atoms with E-state index in [1.165, 1.54) is 6.07 Å². The van der Waals surface area contributed by atoms with Crippen LogP contribution in [-0.4, -0.2) is 0 Å². The molecule has 0 unspecified atom stereocenters. The molecule has 0 heterocycles. The van der Waals surface area contributed by atoms with Crippen molar-refractivity contribution in [2.75, 3.05) is 0 Å². The third-order valence-electron chi connectivity index (χ3n) is 2.13. The monoisotopic (exact) mass is 282 g/mol. The second-order valence-electron chi connectivity index (χ2n) is 3.15. The van der Waals surface area contributed by atoms with Gasteiger partial charge in [-0.15, -0.1) is 12.6 Å².